The molecule has 0 amide bonds. The molecule has 26 heavy (non-hydrogen) atoms. The van der Waals surface area contributed by atoms with Gasteiger partial charge in [-0.3, -0.25) is 0 Å². The van der Waals surface area contributed by atoms with Crippen LogP contribution in [-0.2, 0) is 6.54 Å². The van der Waals surface area contributed by atoms with E-state index in [1.54, 1.807) is 6.33 Å². The van der Waals surface area contributed by atoms with Crippen LogP contribution in [0.3, 0.4) is 0 Å². The van der Waals surface area contributed by atoms with Crippen LogP contribution in [0.25, 0.3) is 0 Å². The van der Waals surface area contributed by atoms with E-state index in [1.807, 2.05) is 12.1 Å². The third-order valence-electron chi connectivity index (χ3n) is 5.12. The van der Waals surface area contributed by atoms with Crippen LogP contribution in [0.2, 0.25) is 0 Å². The summed E-state index contributed by atoms with van der Waals surface area (Å²) < 4.78 is 5.89. The summed E-state index contributed by atoms with van der Waals surface area (Å²) in [5, 5.41) is 9.99. The van der Waals surface area contributed by atoms with Crippen LogP contribution in [0.1, 0.15) is 17.5 Å². The summed E-state index contributed by atoms with van der Waals surface area (Å²) in [5.41, 5.74) is 8.25. The molecule has 2 aromatic rings. The molecule has 0 unspecified atom stereocenters. The number of benzene rings is 1. The van der Waals surface area contributed by atoms with Crippen LogP contribution in [0, 0.1) is 6.92 Å². The van der Waals surface area contributed by atoms with E-state index in [0.29, 0.717) is 26.1 Å². The van der Waals surface area contributed by atoms with Crippen molar-refractivity contribution in [3.8, 4) is 5.75 Å². The predicted octanol–water partition coefficient (Wildman–Crippen LogP) is 1.08. The summed E-state index contributed by atoms with van der Waals surface area (Å²) in [4.78, 5) is 13.2. The van der Waals surface area contributed by atoms with Gasteiger partial charge in [-0.2, -0.15) is 0 Å². The summed E-state index contributed by atoms with van der Waals surface area (Å²) in [6.45, 7) is 5.26. The Bertz CT molecular complexity index is 784. The van der Waals surface area contributed by atoms with Gasteiger partial charge in [0.25, 0.3) is 0 Å². The van der Waals surface area contributed by atoms with Gasteiger partial charge in [-0.05, 0) is 19.4 Å². The molecule has 3 heterocycles. The average Bonchev–Trinajstić information content (AvgIpc) is 2.90. The monoisotopic (exact) mass is 355 g/mol. The molecule has 2 aliphatic rings. The first kappa shape index (κ1) is 17.1. The van der Waals surface area contributed by atoms with Gasteiger partial charge in [-0.15, -0.1) is 0 Å². The molecule has 0 saturated carbocycles. The predicted molar refractivity (Wildman–Crippen MR) is 101 cm³/mol. The zero-order valence-electron chi connectivity index (χ0n) is 15.0. The van der Waals surface area contributed by atoms with E-state index in [4.69, 9.17) is 10.5 Å². The lowest BCUT2D eigenvalue weighted by Crippen LogP contribution is -2.36. The van der Waals surface area contributed by atoms with E-state index >= 15 is 0 Å². The third kappa shape index (κ3) is 3.32. The summed E-state index contributed by atoms with van der Waals surface area (Å²) in [7, 11) is 0. The fraction of sp³-hybridized carbons (Fsp3) is 0.474. The summed E-state index contributed by atoms with van der Waals surface area (Å²) in [6.07, 6.45) is 1.91. The maximum absolute atomic E-state index is 9.99. The normalized spacial score (nSPS) is 22.7. The summed E-state index contributed by atoms with van der Waals surface area (Å²) in [6, 6.07) is 8.38. The Morgan fingerprint density at radius 1 is 1.27 bits per heavy atom. The van der Waals surface area contributed by atoms with E-state index in [0.717, 1.165) is 30.5 Å². The number of fused-ring (bicyclic) bond motifs is 1. The van der Waals surface area contributed by atoms with Crippen molar-refractivity contribution in [2.24, 2.45) is 5.73 Å². The van der Waals surface area contributed by atoms with Gasteiger partial charge in [-0.25, -0.2) is 9.97 Å². The van der Waals surface area contributed by atoms with Crippen LogP contribution in [-0.4, -0.2) is 53.5 Å². The lowest BCUT2D eigenvalue weighted by Gasteiger charge is -2.26. The van der Waals surface area contributed by atoms with Crippen LogP contribution >= 0.6 is 0 Å². The van der Waals surface area contributed by atoms with Crippen molar-refractivity contribution in [3.05, 3.63) is 41.7 Å². The number of aliphatic hydroxyl groups excluding tert-OH is 1. The molecule has 1 aromatic carbocycles. The molecule has 1 fully saturated rings. The van der Waals surface area contributed by atoms with Gasteiger partial charge in [-0.1, -0.05) is 17.7 Å². The first-order valence-corrected chi connectivity index (χ1v) is 9.08. The van der Waals surface area contributed by atoms with Crippen LogP contribution in [0.5, 0.6) is 5.75 Å². The lowest BCUT2D eigenvalue weighted by atomic mass is 10.1. The van der Waals surface area contributed by atoms with E-state index in [2.05, 4.69) is 38.8 Å². The minimum absolute atomic E-state index is 0.114. The average molecular weight is 355 g/mol. The maximum Gasteiger partial charge on any atom is 0.134 e. The Kier molecular flexibility index (Phi) is 4.65. The molecule has 0 spiro atoms. The van der Waals surface area contributed by atoms with Crippen molar-refractivity contribution in [2.75, 3.05) is 36.0 Å². The standard InChI is InChI=1S/C19H25N5O2/c1-13-2-3-17-14(6-13)10-23(4-5-26-17)18-8-19(22-12-21-18)24-11-16(25)7-15(24)9-20/h2-3,6,8,12,15-16,25H,4-5,7,9-11,20H2,1H3/t15-,16-/m1/s1. The van der Waals surface area contributed by atoms with Crippen molar-refractivity contribution in [1.29, 1.82) is 0 Å². The first-order chi connectivity index (χ1) is 12.6. The molecule has 2 aliphatic heterocycles. The van der Waals surface area contributed by atoms with E-state index in [-0.39, 0.29) is 12.1 Å². The number of rotatable bonds is 3. The second-order valence-corrected chi connectivity index (χ2v) is 7.05. The fourth-order valence-electron chi connectivity index (χ4n) is 3.78. The minimum Gasteiger partial charge on any atom is -0.491 e. The largest absolute Gasteiger partial charge is 0.491 e. The van der Waals surface area contributed by atoms with Gasteiger partial charge >= 0.3 is 0 Å². The Morgan fingerprint density at radius 3 is 2.96 bits per heavy atom. The summed E-state index contributed by atoms with van der Waals surface area (Å²) >= 11 is 0. The summed E-state index contributed by atoms with van der Waals surface area (Å²) in [5.74, 6) is 2.62. The van der Waals surface area contributed by atoms with Crippen molar-refractivity contribution in [1.82, 2.24) is 9.97 Å². The van der Waals surface area contributed by atoms with E-state index in [1.165, 1.54) is 11.1 Å². The molecule has 4 rings (SSSR count). The Labute approximate surface area is 153 Å². The maximum atomic E-state index is 9.99. The van der Waals surface area contributed by atoms with Gasteiger partial charge in [0.05, 0.1) is 12.6 Å². The number of aryl methyl sites for hydroxylation is 1. The molecule has 7 heteroatoms. The molecule has 0 aliphatic carbocycles. The Balaban J connectivity index is 1.60. The zero-order chi connectivity index (χ0) is 18.1. The van der Waals surface area contributed by atoms with Crippen molar-refractivity contribution in [2.45, 2.75) is 32.0 Å². The highest BCUT2D eigenvalue weighted by Crippen LogP contribution is 2.29. The van der Waals surface area contributed by atoms with Gasteiger partial charge in [0.1, 0.15) is 30.3 Å². The number of β-amino-alcohol motifs (C(OH)–C–C–N with tert-alkyl or cyclic N) is 1. The third-order valence-corrected chi connectivity index (χ3v) is 5.12. The zero-order valence-corrected chi connectivity index (χ0v) is 15.0. The molecular weight excluding hydrogens is 330 g/mol. The smallest absolute Gasteiger partial charge is 0.134 e. The number of ether oxygens (including phenoxy) is 1. The number of aromatic nitrogens is 2. The van der Waals surface area contributed by atoms with Crippen molar-refractivity contribution in [3.63, 3.8) is 0 Å². The fourth-order valence-corrected chi connectivity index (χ4v) is 3.78. The topological polar surface area (TPSA) is 87.7 Å². The molecule has 7 nitrogen and oxygen atoms in total. The number of hydrogen-bond donors (Lipinski definition) is 2. The number of anilines is 2. The number of aliphatic hydroxyl groups is 1. The molecule has 2 atom stereocenters. The SMILES string of the molecule is Cc1ccc2c(c1)CN(c1cc(N3C[C@H](O)C[C@@H]3CN)ncn1)CCO2. The number of nitrogens with two attached hydrogens (primary N) is 1. The van der Waals surface area contributed by atoms with Crippen LogP contribution < -0.4 is 20.3 Å². The highest BCUT2D eigenvalue weighted by molar-refractivity contribution is 5.53. The molecule has 1 saturated heterocycles. The Morgan fingerprint density at radius 2 is 2.12 bits per heavy atom. The van der Waals surface area contributed by atoms with E-state index < -0.39 is 0 Å². The number of nitrogens with zero attached hydrogens (tertiary/aromatic N) is 4. The molecule has 138 valence electrons. The van der Waals surface area contributed by atoms with Gasteiger partial charge in [0, 0.05) is 37.3 Å². The molecule has 0 bridgehead atoms. The lowest BCUT2D eigenvalue weighted by molar-refractivity contribution is 0.194. The van der Waals surface area contributed by atoms with Gasteiger partial charge in [0.15, 0.2) is 0 Å². The molecule has 0 radical (unpaired) electrons. The second kappa shape index (κ2) is 7.09. The molecular formula is C19H25N5O2. The van der Waals surface area contributed by atoms with Crippen molar-refractivity contribution >= 4 is 11.6 Å². The number of hydrogen-bond acceptors (Lipinski definition) is 7. The molecule has 3 N–H and O–H groups in total. The van der Waals surface area contributed by atoms with Crippen molar-refractivity contribution < 1.29 is 9.84 Å². The van der Waals surface area contributed by atoms with Crippen LogP contribution in [0.4, 0.5) is 11.6 Å². The quantitative estimate of drug-likeness (QED) is 0.852. The molecule has 1 aromatic heterocycles. The first-order valence-electron chi connectivity index (χ1n) is 9.08. The highest BCUT2D eigenvalue weighted by atomic mass is 16.5. The Hall–Kier alpha value is -2.38. The van der Waals surface area contributed by atoms with Gasteiger partial charge in [0.2, 0.25) is 0 Å². The highest BCUT2D eigenvalue weighted by Gasteiger charge is 2.31. The minimum atomic E-state index is -0.358. The van der Waals surface area contributed by atoms with Crippen LogP contribution in [0.15, 0.2) is 30.6 Å². The second-order valence-electron chi connectivity index (χ2n) is 7.05. The van der Waals surface area contributed by atoms with Gasteiger partial charge < -0.3 is 25.4 Å². The van der Waals surface area contributed by atoms with E-state index in [9.17, 15) is 5.11 Å².